The zero-order valence-corrected chi connectivity index (χ0v) is 13.5. The SMILES string of the molecule is COC(=O)c1c(NC(=O)C(C)(C)Br)sc2c1CCC2. The second kappa shape index (κ2) is 5.25. The predicted octanol–water partition coefficient (Wildman–Crippen LogP) is 3.14. The molecule has 1 aromatic rings. The molecule has 6 heteroatoms. The van der Waals surface area contributed by atoms with Gasteiger partial charge in [0, 0.05) is 4.88 Å². The van der Waals surface area contributed by atoms with Gasteiger partial charge in [0.2, 0.25) is 5.91 Å². The van der Waals surface area contributed by atoms with E-state index in [0.717, 1.165) is 24.8 Å². The van der Waals surface area contributed by atoms with E-state index in [1.54, 1.807) is 13.8 Å². The van der Waals surface area contributed by atoms with Crippen molar-refractivity contribution in [3.05, 3.63) is 16.0 Å². The summed E-state index contributed by atoms with van der Waals surface area (Å²) in [6.45, 7) is 3.53. The molecule has 104 valence electrons. The summed E-state index contributed by atoms with van der Waals surface area (Å²) in [6.07, 6.45) is 2.91. The molecule has 1 aliphatic rings. The number of hydrogen-bond acceptors (Lipinski definition) is 4. The van der Waals surface area contributed by atoms with Crippen LogP contribution in [0.2, 0.25) is 0 Å². The molecule has 1 amide bonds. The van der Waals surface area contributed by atoms with Gasteiger partial charge in [0.05, 0.1) is 17.0 Å². The summed E-state index contributed by atoms with van der Waals surface area (Å²) < 4.78 is 4.16. The molecular formula is C13H16BrNO3S. The van der Waals surface area contributed by atoms with E-state index < -0.39 is 4.32 Å². The Morgan fingerprint density at radius 1 is 1.37 bits per heavy atom. The number of halogens is 1. The average molecular weight is 346 g/mol. The minimum Gasteiger partial charge on any atom is -0.465 e. The van der Waals surface area contributed by atoms with Crippen molar-refractivity contribution < 1.29 is 14.3 Å². The normalized spacial score (nSPS) is 14.1. The van der Waals surface area contributed by atoms with Crippen molar-refractivity contribution in [1.82, 2.24) is 0 Å². The molecule has 19 heavy (non-hydrogen) atoms. The van der Waals surface area contributed by atoms with E-state index in [1.807, 2.05) is 0 Å². The third-order valence-corrected chi connectivity index (χ3v) is 4.65. The second-order valence-electron chi connectivity index (χ2n) is 4.98. The molecule has 1 heterocycles. The highest BCUT2D eigenvalue weighted by Crippen LogP contribution is 2.40. The summed E-state index contributed by atoms with van der Waals surface area (Å²) in [5.74, 6) is -0.542. The summed E-state index contributed by atoms with van der Waals surface area (Å²) >= 11 is 4.80. The number of aryl methyl sites for hydroxylation is 1. The molecule has 0 radical (unpaired) electrons. The van der Waals surface area contributed by atoms with Crippen LogP contribution in [0.1, 0.15) is 41.1 Å². The first-order chi connectivity index (χ1) is 8.84. The monoisotopic (exact) mass is 345 g/mol. The Balaban J connectivity index is 2.36. The zero-order valence-electron chi connectivity index (χ0n) is 11.1. The van der Waals surface area contributed by atoms with E-state index in [9.17, 15) is 9.59 Å². The van der Waals surface area contributed by atoms with Crippen molar-refractivity contribution in [1.29, 1.82) is 0 Å². The summed E-state index contributed by atoms with van der Waals surface area (Å²) in [5, 5.41) is 3.43. The van der Waals surface area contributed by atoms with Gasteiger partial charge in [0.25, 0.3) is 0 Å². The number of fused-ring (bicyclic) bond motifs is 1. The molecule has 2 rings (SSSR count). The lowest BCUT2D eigenvalue weighted by atomic mass is 10.1. The van der Waals surface area contributed by atoms with Crippen molar-refractivity contribution in [2.24, 2.45) is 0 Å². The molecule has 0 fully saturated rings. The minimum atomic E-state index is -0.672. The molecular weight excluding hydrogens is 330 g/mol. The molecule has 0 aromatic carbocycles. The quantitative estimate of drug-likeness (QED) is 0.676. The lowest BCUT2D eigenvalue weighted by Gasteiger charge is -2.15. The Kier molecular flexibility index (Phi) is 4.01. The first kappa shape index (κ1) is 14.5. The summed E-state index contributed by atoms with van der Waals surface area (Å²) in [7, 11) is 1.36. The number of methoxy groups -OCH3 is 1. The van der Waals surface area contributed by atoms with Crippen LogP contribution < -0.4 is 5.32 Å². The highest BCUT2D eigenvalue weighted by Gasteiger charge is 2.30. The van der Waals surface area contributed by atoms with Crippen molar-refractivity contribution in [3.63, 3.8) is 0 Å². The Morgan fingerprint density at radius 2 is 2.05 bits per heavy atom. The molecule has 0 bridgehead atoms. The topological polar surface area (TPSA) is 55.4 Å². The second-order valence-corrected chi connectivity index (χ2v) is 8.07. The van der Waals surface area contributed by atoms with Gasteiger partial charge in [-0.3, -0.25) is 4.79 Å². The minimum absolute atomic E-state index is 0.169. The molecule has 0 unspecified atom stereocenters. The summed E-state index contributed by atoms with van der Waals surface area (Å²) in [6, 6.07) is 0. The van der Waals surface area contributed by atoms with Crippen molar-refractivity contribution >= 4 is 44.1 Å². The zero-order chi connectivity index (χ0) is 14.2. The van der Waals surface area contributed by atoms with Gasteiger partial charge in [-0.2, -0.15) is 0 Å². The number of hydrogen-bond donors (Lipinski definition) is 1. The standard InChI is InChI=1S/C13H16BrNO3S/c1-13(2,14)12(17)15-10-9(11(16)18-3)7-5-4-6-8(7)19-10/h4-6H2,1-3H3,(H,15,17). The number of rotatable bonds is 3. The van der Waals surface area contributed by atoms with Crippen LogP contribution in [0, 0.1) is 0 Å². The van der Waals surface area contributed by atoms with Crippen LogP contribution in [0.3, 0.4) is 0 Å². The number of thiophene rings is 1. The van der Waals surface area contributed by atoms with Crippen molar-refractivity contribution in [2.75, 3.05) is 12.4 Å². The van der Waals surface area contributed by atoms with Crippen LogP contribution >= 0.6 is 27.3 Å². The Labute approximate surface area is 124 Å². The number of esters is 1. The van der Waals surface area contributed by atoms with Crippen molar-refractivity contribution in [3.8, 4) is 0 Å². The first-order valence-corrected chi connectivity index (χ1v) is 7.68. The van der Waals surface area contributed by atoms with Gasteiger partial charge in [-0.15, -0.1) is 11.3 Å². The highest BCUT2D eigenvalue weighted by molar-refractivity contribution is 9.10. The smallest absolute Gasteiger partial charge is 0.341 e. The fourth-order valence-electron chi connectivity index (χ4n) is 2.06. The first-order valence-electron chi connectivity index (χ1n) is 6.07. The van der Waals surface area contributed by atoms with Gasteiger partial charge in [-0.05, 0) is 38.7 Å². The highest BCUT2D eigenvalue weighted by atomic mass is 79.9. The van der Waals surface area contributed by atoms with E-state index >= 15 is 0 Å². The van der Waals surface area contributed by atoms with Crippen LogP contribution in [-0.2, 0) is 22.4 Å². The molecule has 0 saturated carbocycles. The Morgan fingerprint density at radius 3 is 2.63 bits per heavy atom. The fraction of sp³-hybridized carbons (Fsp3) is 0.538. The van der Waals surface area contributed by atoms with Crippen LogP contribution in [0.5, 0.6) is 0 Å². The number of nitrogens with one attached hydrogen (secondary N) is 1. The lowest BCUT2D eigenvalue weighted by molar-refractivity contribution is -0.117. The molecule has 0 atom stereocenters. The molecule has 0 aliphatic heterocycles. The fourth-order valence-corrected chi connectivity index (χ4v) is 3.43. The summed E-state index contributed by atoms with van der Waals surface area (Å²) in [4.78, 5) is 25.1. The van der Waals surface area contributed by atoms with Gasteiger partial charge in [-0.1, -0.05) is 15.9 Å². The van der Waals surface area contributed by atoms with Crippen LogP contribution in [-0.4, -0.2) is 23.3 Å². The van der Waals surface area contributed by atoms with E-state index in [4.69, 9.17) is 4.74 Å². The molecule has 1 aliphatic carbocycles. The van der Waals surface area contributed by atoms with Crippen LogP contribution in [0.4, 0.5) is 5.00 Å². The molecule has 1 aromatic heterocycles. The van der Waals surface area contributed by atoms with E-state index in [0.29, 0.717) is 10.6 Å². The van der Waals surface area contributed by atoms with Gasteiger partial charge >= 0.3 is 5.97 Å². The number of carbonyl (C=O) groups excluding carboxylic acids is 2. The van der Waals surface area contributed by atoms with E-state index in [2.05, 4.69) is 21.2 Å². The third kappa shape index (κ3) is 2.84. The van der Waals surface area contributed by atoms with E-state index in [-0.39, 0.29) is 11.9 Å². The predicted molar refractivity (Wildman–Crippen MR) is 79.3 cm³/mol. The van der Waals surface area contributed by atoms with Gasteiger partial charge in [-0.25, -0.2) is 4.79 Å². The largest absolute Gasteiger partial charge is 0.465 e. The molecule has 1 N–H and O–H groups in total. The van der Waals surface area contributed by atoms with Gasteiger partial charge < -0.3 is 10.1 Å². The number of ether oxygens (including phenoxy) is 1. The summed E-state index contributed by atoms with van der Waals surface area (Å²) in [5.41, 5.74) is 1.57. The maximum absolute atomic E-state index is 12.0. The number of anilines is 1. The Bertz CT molecular complexity index is 531. The van der Waals surface area contributed by atoms with Crippen LogP contribution in [0.15, 0.2) is 0 Å². The molecule has 4 nitrogen and oxygen atoms in total. The van der Waals surface area contributed by atoms with Gasteiger partial charge in [0.15, 0.2) is 0 Å². The van der Waals surface area contributed by atoms with Crippen LogP contribution in [0.25, 0.3) is 0 Å². The molecule has 0 saturated heterocycles. The maximum atomic E-state index is 12.0. The van der Waals surface area contributed by atoms with E-state index in [1.165, 1.54) is 23.3 Å². The number of amides is 1. The average Bonchev–Trinajstić information content (AvgIpc) is 2.86. The Hall–Kier alpha value is -0.880. The maximum Gasteiger partial charge on any atom is 0.341 e. The molecule has 0 spiro atoms. The number of carbonyl (C=O) groups is 2. The number of alkyl halides is 1. The van der Waals surface area contributed by atoms with Crippen molar-refractivity contribution in [2.45, 2.75) is 37.4 Å². The lowest BCUT2D eigenvalue weighted by Crippen LogP contribution is -2.31. The van der Waals surface area contributed by atoms with Gasteiger partial charge in [0.1, 0.15) is 5.00 Å². The third-order valence-electron chi connectivity index (χ3n) is 3.08.